The minimum Gasteiger partial charge on any atom is -0.307 e. The van der Waals surface area contributed by atoms with Crippen molar-refractivity contribution in [3.8, 4) is 0 Å². The van der Waals surface area contributed by atoms with E-state index in [0.717, 1.165) is 5.56 Å². The minimum absolute atomic E-state index is 0.212. The van der Waals surface area contributed by atoms with Gasteiger partial charge in [0, 0.05) is 17.4 Å². The molecule has 0 atom stereocenters. The summed E-state index contributed by atoms with van der Waals surface area (Å²) in [5, 5.41) is 9.81. The largest absolute Gasteiger partial charge is 0.324 e. The summed E-state index contributed by atoms with van der Waals surface area (Å²) < 4.78 is 15.2. The molecule has 0 unspecified atom stereocenters. The third-order valence-electron chi connectivity index (χ3n) is 3.63. The Bertz CT molecular complexity index is 910. The monoisotopic (exact) mass is 358 g/mol. The van der Waals surface area contributed by atoms with Crippen LogP contribution in [0.5, 0.6) is 0 Å². The van der Waals surface area contributed by atoms with Gasteiger partial charge in [-0.3, -0.25) is 10.00 Å². The van der Waals surface area contributed by atoms with Crippen LogP contribution in [0.3, 0.4) is 0 Å². The second-order valence-electron chi connectivity index (χ2n) is 5.51. The van der Waals surface area contributed by atoms with Crippen LogP contribution in [0.25, 0.3) is 0 Å². The van der Waals surface area contributed by atoms with E-state index in [1.54, 1.807) is 24.3 Å². The maximum absolute atomic E-state index is 13.7. The highest BCUT2D eigenvalue weighted by Crippen LogP contribution is 2.21. The number of para-hydroxylation sites is 1. The Hall–Kier alpha value is -2.86. The molecule has 128 valence electrons. The quantitative estimate of drug-likeness (QED) is 0.711. The predicted molar refractivity (Wildman–Crippen MR) is 96.6 cm³/mol. The number of rotatable bonds is 4. The molecule has 0 spiro atoms. The molecule has 2 aromatic carbocycles. The Labute approximate surface area is 149 Å². The van der Waals surface area contributed by atoms with Crippen molar-refractivity contribution in [2.24, 2.45) is 0 Å². The van der Waals surface area contributed by atoms with Crippen molar-refractivity contribution >= 4 is 29.1 Å². The van der Waals surface area contributed by atoms with Gasteiger partial charge in [-0.15, -0.1) is 0 Å². The summed E-state index contributed by atoms with van der Waals surface area (Å²) in [6.07, 6.45) is 1.54. The third kappa shape index (κ3) is 4.16. The number of anilines is 2. The van der Waals surface area contributed by atoms with E-state index in [9.17, 15) is 9.18 Å². The van der Waals surface area contributed by atoms with Crippen LogP contribution in [-0.4, -0.2) is 15.8 Å². The summed E-state index contributed by atoms with van der Waals surface area (Å²) in [7, 11) is 0. The van der Waals surface area contributed by atoms with E-state index in [-0.39, 0.29) is 23.2 Å². The number of carbonyl (C=O) groups excluding carboxylic acids is 1. The van der Waals surface area contributed by atoms with Gasteiger partial charge < -0.3 is 5.32 Å². The van der Waals surface area contributed by atoms with Gasteiger partial charge in [0.05, 0.1) is 6.54 Å². The summed E-state index contributed by atoms with van der Waals surface area (Å²) >= 11 is 6.11. The average molecular weight is 359 g/mol. The number of nitrogens with zero attached hydrogens (tertiary/aromatic N) is 2. The Morgan fingerprint density at radius 2 is 1.88 bits per heavy atom. The van der Waals surface area contributed by atoms with Crippen LogP contribution in [-0.2, 0) is 6.54 Å². The van der Waals surface area contributed by atoms with Crippen molar-refractivity contribution in [1.29, 1.82) is 0 Å². The molecule has 1 aromatic heterocycles. The molecule has 0 aliphatic carbocycles. The summed E-state index contributed by atoms with van der Waals surface area (Å²) in [4.78, 5) is 12.1. The minimum atomic E-state index is -0.452. The number of aryl methyl sites for hydroxylation is 1. The van der Waals surface area contributed by atoms with E-state index < -0.39 is 6.03 Å². The zero-order valence-corrected chi connectivity index (χ0v) is 14.2. The second kappa shape index (κ2) is 7.36. The zero-order chi connectivity index (χ0) is 17.8. The first-order chi connectivity index (χ1) is 12.0. The lowest BCUT2D eigenvalue weighted by Gasteiger charge is -2.08. The van der Waals surface area contributed by atoms with E-state index in [0.29, 0.717) is 11.3 Å². The number of benzene rings is 2. The molecular formula is C18H16ClFN4O. The summed E-state index contributed by atoms with van der Waals surface area (Å²) in [6.45, 7) is 2.11. The molecule has 0 saturated carbocycles. The molecule has 0 fully saturated rings. The second-order valence-corrected chi connectivity index (χ2v) is 5.92. The number of halogens is 2. The fraction of sp³-hybridized carbons (Fsp3) is 0.111. The Morgan fingerprint density at radius 1 is 1.16 bits per heavy atom. The Morgan fingerprint density at radius 3 is 2.64 bits per heavy atom. The van der Waals surface area contributed by atoms with Gasteiger partial charge in [0.2, 0.25) is 0 Å². The van der Waals surface area contributed by atoms with Crippen molar-refractivity contribution in [3.63, 3.8) is 0 Å². The smallest absolute Gasteiger partial charge is 0.307 e. The van der Waals surface area contributed by atoms with Crippen molar-refractivity contribution < 1.29 is 9.18 Å². The summed E-state index contributed by atoms with van der Waals surface area (Å²) in [5.41, 5.74) is 2.12. The lowest BCUT2D eigenvalue weighted by Crippen LogP contribution is -2.20. The number of nitrogens with one attached hydrogen (secondary N) is 2. The molecule has 0 aliphatic rings. The highest BCUT2D eigenvalue weighted by molar-refractivity contribution is 6.33. The molecular weight excluding hydrogens is 343 g/mol. The van der Waals surface area contributed by atoms with E-state index in [4.69, 9.17) is 11.6 Å². The van der Waals surface area contributed by atoms with Gasteiger partial charge in [-0.25, -0.2) is 9.18 Å². The Kier molecular flexibility index (Phi) is 5.00. The number of hydrogen-bond acceptors (Lipinski definition) is 2. The first-order valence-electron chi connectivity index (χ1n) is 7.63. The van der Waals surface area contributed by atoms with Crippen LogP contribution in [0.2, 0.25) is 5.02 Å². The van der Waals surface area contributed by atoms with Crippen LogP contribution in [0, 0.1) is 12.7 Å². The van der Waals surface area contributed by atoms with Gasteiger partial charge >= 0.3 is 6.03 Å². The molecule has 3 rings (SSSR count). The fourth-order valence-corrected chi connectivity index (χ4v) is 2.54. The van der Waals surface area contributed by atoms with Gasteiger partial charge in [-0.2, -0.15) is 5.10 Å². The Balaban J connectivity index is 1.69. The SMILES string of the molecule is Cc1ccccc1NC(=O)Nc1nn(Cc2ccccc2F)cc1Cl. The van der Waals surface area contributed by atoms with Gasteiger partial charge in [-0.1, -0.05) is 48.0 Å². The van der Waals surface area contributed by atoms with Gasteiger partial charge in [0.15, 0.2) is 5.82 Å². The van der Waals surface area contributed by atoms with Crippen molar-refractivity contribution in [2.45, 2.75) is 13.5 Å². The van der Waals surface area contributed by atoms with Crippen molar-refractivity contribution in [2.75, 3.05) is 10.6 Å². The van der Waals surface area contributed by atoms with E-state index in [1.165, 1.54) is 16.9 Å². The predicted octanol–water partition coefficient (Wildman–Crippen LogP) is 4.68. The van der Waals surface area contributed by atoms with Crippen LogP contribution in [0.4, 0.5) is 20.7 Å². The van der Waals surface area contributed by atoms with Crippen molar-refractivity contribution in [1.82, 2.24) is 9.78 Å². The maximum atomic E-state index is 13.7. The van der Waals surface area contributed by atoms with Crippen LogP contribution in [0.15, 0.2) is 54.7 Å². The van der Waals surface area contributed by atoms with Crippen LogP contribution in [0.1, 0.15) is 11.1 Å². The molecule has 0 radical (unpaired) electrons. The molecule has 5 nitrogen and oxygen atoms in total. The number of aromatic nitrogens is 2. The fourth-order valence-electron chi connectivity index (χ4n) is 2.34. The topological polar surface area (TPSA) is 59.0 Å². The van der Waals surface area contributed by atoms with E-state index in [2.05, 4.69) is 15.7 Å². The standard InChI is InChI=1S/C18H16ClFN4O/c1-12-6-2-5-9-16(12)21-18(25)22-17-14(19)11-24(23-17)10-13-7-3-4-8-15(13)20/h2-9,11H,10H2,1H3,(H2,21,22,23,25). The van der Waals surface area contributed by atoms with Crippen molar-refractivity contribution in [3.05, 3.63) is 76.7 Å². The highest BCUT2D eigenvalue weighted by atomic mass is 35.5. The highest BCUT2D eigenvalue weighted by Gasteiger charge is 2.12. The molecule has 2 N–H and O–H groups in total. The average Bonchev–Trinajstić information content (AvgIpc) is 2.91. The van der Waals surface area contributed by atoms with Gasteiger partial charge in [0.25, 0.3) is 0 Å². The van der Waals surface area contributed by atoms with Crippen LogP contribution < -0.4 is 10.6 Å². The lowest BCUT2D eigenvalue weighted by molar-refractivity contribution is 0.262. The first-order valence-corrected chi connectivity index (χ1v) is 8.01. The lowest BCUT2D eigenvalue weighted by atomic mass is 10.2. The van der Waals surface area contributed by atoms with E-state index >= 15 is 0 Å². The van der Waals surface area contributed by atoms with Gasteiger partial charge in [-0.05, 0) is 24.6 Å². The third-order valence-corrected chi connectivity index (χ3v) is 3.91. The maximum Gasteiger partial charge on any atom is 0.324 e. The molecule has 0 bridgehead atoms. The number of urea groups is 1. The normalized spacial score (nSPS) is 10.5. The van der Waals surface area contributed by atoms with E-state index in [1.807, 2.05) is 25.1 Å². The number of amides is 2. The number of hydrogen-bond donors (Lipinski definition) is 2. The zero-order valence-electron chi connectivity index (χ0n) is 13.5. The molecule has 25 heavy (non-hydrogen) atoms. The summed E-state index contributed by atoms with van der Waals surface area (Å²) in [5.74, 6) is -0.106. The molecule has 0 aliphatic heterocycles. The molecule has 2 amide bonds. The first kappa shape index (κ1) is 17.0. The summed E-state index contributed by atoms with van der Waals surface area (Å²) in [6, 6.07) is 13.4. The number of carbonyl (C=O) groups is 1. The van der Waals surface area contributed by atoms with Crippen LogP contribution >= 0.6 is 11.6 Å². The molecule has 3 aromatic rings. The molecule has 0 saturated heterocycles. The van der Waals surface area contributed by atoms with Gasteiger partial charge in [0.1, 0.15) is 10.8 Å². The molecule has 7 heteroatoms. The molecule has 1 heterocycles.